The van der Waals surface area contributed by atoms with E-state index in [2.05, 4.69) is 124 Å². The van der Waals surface area contributed by atoms with Gasteiger partial charge in [0.05, 0.1) is 38.8 Å². The predicted molar refractivity (Wildman–Crippen MR) is 195 cm³/mol. The zero-order valence-electron chi connectivity index (χ0n) is 25.1. The highest BCUT2D eigenvalue weighted by molar-refractivity contribution is 8.00. The Bertz CT molecular complexity index is 2940. The summed E-state index contributed by atoms with van der Waals surface area (Å²) in [5.41, 5.74) is 9.70. The molecule has 3 aromatic heterocycles. The molecule has 0 radical (unpaired) electrons. The molecule has 0 spiro atoms. The van der Waals surface area contributed by atoms with Crippen LogP contribution < -0.4 is 0 Å². The SMILES string of the molecule is c1ccc(-c2nc3ccccc3nc2-n2c3ccccc3c3c4ccc5c(c4ccc32)Sc2cccc3c4ccccc4n-5c23)cc1. The van der Waals surface area contributed by atoms with Crippen molar-refractivity contribution in [3.8, 4) is 22.8 Å². The van der Waals surface area contributed by atoms with Crippen LogP contribution in [-0.4, -0.2) is 19.1 Å². The van der Waals surface area contributed by atoms with E-state index in [4.69, 9.17) is 9.97 Å². The van der Waals surface area contributed by atoms with E-state index in [0.717, 1.165) is 39.1 Å². The van der Waals surface area contributed by atoms with Crippen molar-refractivity contribution in [2.45, 2.75) is 9.79 Å². The van der Waals surface area contributed by atoms with E-state index in [0.29, 0.717) is 0 Å². The molecule has 0 fully saturated rings. The van der Waals surface area contributed by atoms with Crippen molar-refractivity contribution in [3.63, 3.8) is 0 Å². The first-order chi connectivity index (χ1) is 23.3. The van der Waals surface area contributed by atoms with Gasteiger partial charge in [0.25, 0.3) is 0 Å². The van der Waals surface area contributed by atoms with E-state index < -0.39 is 0 Å². The van der Waals surface area contributed by atoms with Crippen LogP contribution in [0.2, 0.25) is 0 Å². The molecule has 7 aromatic carbocycles. The molecule has 0 saturated carbocycles. The molecular weight excluding hydrogens is 593 g/mol. The number of para-hydroxylation sites is 5. The summed E-state index contributed by atoms with van der Waals surface area (Å²) < 4.78 is 4.78. The Morgan fingerprint density at radius 1 is 0.447 bits per heavy atom. The van der Waals surface area contributed by atoms with Crippen molar-refractivity contribution in [3.05, 3.63) is 146 Å². The second-order valence-electron chi connectivity index (χ2n) is 12.2. The summed E-state index contributed by atoms with van der Waals surface area (Å²) in [6.07, 6.45) is 0. The molecule has 0 bridgehead atoms. The zero-order chi connectivity index (χ0) is 30.6. The third kappa shape index (κ3) is 3.38. The zero-order valence-corrected chi connectivity index (χ0v) is 25.9. The normalized spacial score (nSPS) is 12.6. The fourth-order valence-corrected chi connectivity index (χ4v) is 8.93. The molecule has 0 aliphatic carbocycles. The highest BCUT2D eigenvalue weighted by atomic mass is 32.2. The maximum atomic E-state index is 5.31. The van der Waals surface area contributed by atoms with Gasteiger partial charge >= 0.3 is 0 Å². The minimum absolute atomic E-state index is 0.836. The van der Waals surface area contributed by atoms with E-state index in [9.17, 15) is 0 Å². The average molecular weight is 617 g/mol. The van der Waals surface area contributed by atoms with Gasteiger partial charge in [-0.3, -0.25) is 4.57 Å². The molecule has 0 N–H and O–H groups in total. The van der Waals surface area contributed by atoms with Crippen molar-refractivity contribution in [1.82, 2.24) is 19.1 Å². The van der Waals surface area contributed by atoms with Gasteiger partial charge in [-0.25, -0.2) is 9.97 Å². The first kappa shape index (κ1) is 25.3. The van der Waals surface area contributed by atoms with Crippen LogP contribution in [0.5, 0.6) is 0 Å². The van der Waals surface area contributed by atoms with Gasteiger partial charge in [0, 0.05) is 36.9 Å². The summed E-state index contributed by atoms with van der Waals surface area (Å²) in [7, 11) is 0. The number of benzene rings is 7. The van der Waals surface area contributed by atoms with Gasteiger partial charge in [-0.2, -0.15) is 0 Å². The highest BCUT2D eigenvalue weighted by Crippen LogP contribution is 2.50. The molecule has 1 aliphatic heterocycles. The van der Waals surface area contributed by atoms with Crippen LogP contribution in [0.15, 0.2) is 155 Å². The Hall–Kier alpha value is -5.91. The maximum absolute atomic E-state index is 5.31. The summed E-state index contributed by atoms with van der Waals surface area (Å²) in [5.74, 6) is 0.836. The standard InChI is InChI=1S/C42H24N4S/c1-2-11-25(12-3-1)39-42(44-32-17-7-6-16-31(32)43-39)46-34-19-9-5-14-30(34)38-27-21-24-36-41(29(27)22-23-35(38)46)47-37-20-10-15-28-26-13-4-8-18-33(26)45(36)40(28)37/h1-24H. The minimum Gasteiger partial charge on any atom is -0.307 e. The topological polar surface area (TPSA) is 35.6 Å². The van der Waals surface area contributed by atoms with Crippen LogP contribution in [0.1, 0.15) is 0 Å². The van der Waals surface area contributed by atoms with E-state index in [1.807, 2.05) is 42.1 Å². The fourth-order valence-electron chi connectivity index (χ4n) is 7.71. The van der Waals surface area contributed by atoms with Crippen LogP contribution in [0, 0.1) is 0 Å². The van der Waals surface area contributed by atoms with E-state index in [-0.39, 0.29) is 0 Å². The number of nitrogens with zero attached hydrogens (tertiary/aromatic N) is 4. The lowest BCUT2D eigenvalue weighted by atomic mass is 10.0. The van der Waals surface area contributed by atoms with E-state index in [1.165, 1.54) is 58.8 Å². The van der Waals surface area contributed by atoms with Gasteiger partial charge in [-0.1, -0.05) is 115 Å². The number of fused-ring (bicyclic) bond motifs is 12. The van der Waals surface area contributed by atoms with Crippen molar-refractivity contribution in [1.29, 1.82) is 0 Å². The molecule has 4 nitrogen and oxygen atoms in total. The maximum Gasteiger partial charge on any atom is 0.165 e. The molecule has 5 heteroatoms. The van der Waals surface area contributed by atoms with Gasteiger partial charge in [0.15, 0.2) is 5.82 Å². The monoisotopic (exact) mass is 616 g/mol. The number of aromatic nitrogens is 4. The number of hydrogen-bond acceptors (Lipinski definition) is 3. The molecule has 0 unspecified atom stereocenters. The van der Waals surface area contributed by atoms with Gasteiger partial charge in [0.2, 0.25) is 0 Å². The van der Waals surface area contributed by atoms with Crippen molar-refractivity contribution in [2.24, 2.45) is 0 Å². The molecule has 0 saturated heterocycles. The van der Waals surface area contributed by atoms with E-state index in [1.54, 1.807) is 0 Å². The molecule has 0 amide bonds. The molecule has 47 heavy (non-hydrogen) atoms. The van der Waals surface area contributed by atoms with Gasteiger partial charge < -0.3 is 4.57 Å². The second-order valence-corrected chi connectivity index (χ2v) is 13.2. The van der Waals surface area contributed by atoms with Crippen molar-refractivity contribution >= 4 is 77.2 Å². The van der Waals surface area contributed by atoms with Crippen LogP contribution in [0.4, 0.5) is 0 Å². The molecule has 10 aromatic rings. The second kappa shape index (κ2) is 9.32. The van der Waals surface area contributed by atoms with Crippen molar-refractivity contribution < 1.29 is 0 Å². The molecule has 218 valence electrons. The summed E-state index contributed by atoms with van der Waals surface area (Å²) >= 11 is 1.89. The Kier molecular flexibility index (Phi) is 5.02. The third-order valence-electron chi connectivity index (χ3n) is 9.69. The lowest BCUT2D eigenvalue weighted by molar-refractivity contribution is 1.08. The number of hydrogen-bond donors (Lipinski definition) is 0. The summed E-state index contributed by atoms with van der Waals surface area (Å²) in [5, 5.41) is 7.54. The highest BCUT2D eigenvalue weighted by Gasteiger charge is 2.26. The molecule has 11 rings (SSSR count). The first-order valence-corrected chi connectivity index (χ1v) is 16.7. The molecule has 0 atom stereocenters. The van der Waals surface area contributed by atoms with Gasteiger partial charge in [-0.15, -0.1) is 0 Å². The van der Waals surface area contributed by atoms with Crippen LogP contribution in [-0.2, 0) is 0 Å². The summed E-state index contributed by atoms with van der Waals surface area (Å²) in [4.78, 5) is 13.1. The Labute approximate surface area is 273 Å². The Balaban J connectivity index is 1.25. The quantitative estimate of drug-likeness (QED) is 0.194. The fraction of sp³-hybridized carbons (Fsp3) is 0. The molecular formula is C42H24N4S. The summed E-state index contributed by atoms with van der Waals surface area (Å²) in [6.45, 7) is 0. The molecule has 1 aliphatic rings. The lowest BCUT2D eigenvalue weighted by Crippen LogP contribution is -2.04. The van der Waals surface area contributed by atoms with Gasteiger partial charge in [0.1, 0.15) is 5.69 Å². The smallest absolute Gasteiger partial charge is 0.165 e. The minimum atomic E-state index is 0.836. The van der Waals surface area contributed by atoms with E-state index >= 15 is 0 Å². The average Bonchev–Trinajstić information content (AvgIpc) is 3.66. The van der Waals surface area contributed by atoms with Gasteiger partial charge in [-0.05, 0) is 53.2 Å². The van der Waals surface area contributed by atoms with Crippen LogP contribution in [0.25, 0.3) is 88.2 Å². The van der Waals surface area contributed by atoms with Crippen molar-refractivity contribution in [2.75, 3.05) is 0 Å². The third-order valence-corrected chi connectivity index (χ3v) is 10.9. The van der Waals surface area contributed by atoms with Crippen LogP contribution >= 0.6 is 11.8 Å². The molecule has 4 heterocycles. The Morgan fingerprint density at radius 2 is 1.13 bits per heavy atom. The first-order valence-electron chi connectivity index (χ1n) is 15.9. The lowest BCUT2D eigenvalue weighted by Gasteiger charge is -2.22. The predicted octanol–water partition coefficient (Wildman–Crippen LogP) is 11.1. The Morgan fingerprint density at radius 3 is 1.98 bits per heavy atom. The summed E-state index contributed by atoms with van der Waals surface area (Å²) in [6, 6.07) is 52.0. The van der Waals surface area contributed by atoms with Crippen LogP contribution in [0.3, 0.4) is 0 Å². The number of rotatable bonds is 2. The largest absolute Gasteiger partial charge is 0.307 e.